The molecule has 2 amide bonds. The first-order valence-electron chi connectivity index (χ1n) is 4.44. The molecule has 0 aliphatic carbocycles. The van der Waals surface area contributed by atoms with E-state index in [4.69, 9.17) is 23.2 Å². The van der Waals surface area contributed by atoms with Crippen LogP contribution in [0.15, 0.2) is 12.1 Å². The number of carbonyl (C=O) groups is 2. The lowest BCUT2D eigenvalue weighted by atomic mass is 10.2. The summed E-state index contributed by atoms with van der Waals surface area (Å²) in [4.78, 5) is 21.8. The van der Waals surface area contributed by atoms with Crippen molar-refractivity contribution in [3.8, 4) is 0 Å². The largest absolute Gasteiger partial charge is 0.325 e. The fourth-order valence-corrected chi connectivity index (χ4v) is 1.60. The van der Waals surface area contributed by atoms with E-state index in [9.17, 15) is 9.59 Å². The Balaban J connectivity index is 3.10. The summed E-state index contributed by atoms with van der Waals surface area (Å²) >= 11 is 11.7. The van der Waals surface area contributed by atoms with Crippen LogP contribution in [0.4, 0.5) is 11.4 Å². The average molecular weight is 261 g/mol. The van der Waals surface area contributed by atoms with Gasteiger partial charge in [0, 0.05) is 13.8 Å². The van der Waals surface area contributed by atoms with Crippen molar-refractivity contribution in [1.82, 2.24) is 0 Å². The topological polar surface area (TPSA) is 58.2 Å². The van der Waals surface area contributed by atoms with Gasteiger partial charge in [-0.15, -0.1) is 0 Å². The highest BCUT2D eigenvalue weighted by Gasteiger charge is 2.09. The first kappa shape index (κ1) is 12.8. The monoisotopic (exact) mass is 260 g/mol. The molecule has 1 aromatic carbocycles. The Bertz CT molecular complexity index is 409. The van der Waals surface area contributed by atoms with Crippen LogP contribution in [0.2, 0.25) is 10.0 Å². The van der Waals surface area contributed by atoms with E-state index in [0.717, 1.165) is 0 Å². The maximum Gasteiger partial charge on any atom is 0.221 e. The van der Waals surface area contributed by atoms with Crippen molar-refractivity contribution in [3.63, 3.8) is 0 Å². The molecular formula is C10H10Cl2N2O2. The third kappa shape index (κ3) is 3.40. The van der Waals surface area contributed by atoms with Crippen LogP contribution in [0.5, 0.6) is 0 Å². The van der Waals surface area contributed by atoms with Gasteiger partial charge in [0.25, 0.3) is 0 Å². The molecule has 0 saturated heterocycles. The van der Waals surface area contributed by atoms with Crippen molar-refractivity contribution in [3.05, 3.63) is 22.2 Å². The second-order valence-electron chi connectivity index (χ2n) is 3.17. The Labute approximate surface area is 103 Å². The first-order valence-corrected chi connectivity index (χ1v) is 5.20. The summed E-state index contributed by atoms with van der Waals surface area (Å²) in [5, 5.41) is 5.69. The number of anilines is 2. The first-order chi connectivity index (χ1) is 7.40. The minimum absolute atomic E-state index is 0.252. The molecule has 0 aliphatic rings. The summed E-state index contributed by atoms with van der Waals surface area (Å²) in [5.74, 6) is -0.504. The molecule has 0 fully saturated rings. The normalized spacial score (nSPS) is 9.75. The Morgan fingerprint density at radius 3 is 1.62 bits per heavy atom. The van der Waals surface area contributed by atoms with Gasteiger partial charge in [-0.1, -0.05) is 23.2 Å². The third-order valence-electron chi connectivity index (χ3n) is 1.68. The average Bonchev–Trinajstić information content (AvgIpc) is 2.11. The number of hydrogen-bond donors (Lipinski definition) is 2. The number of benzene rings is 1. The van der Waals surface area contributed by atoms with Crippen LogP contribution in [0.1, 0.15) is 13.8 Å². The minimum Gasteiger partial charge on any atom is -0.325 e. The molecule has 16 heavy (non-hydrogen) atoms. The fourth-order valence-electron chi connectivity index (χ4n) is 1.12. The number of halogens is 2. The van der Waals surface area contributed by atoms with Gasteiger partial charge in [-0.3, -0.25) is 9.59 Å². The highest BCUT2D eigenvalue weighted by molar-refractivity contribution is 6.38. The van der Waals surface area contributed by atoms with Crippen molar-refractivity contribution in [2.75, 3.05) is 10.6 Å². The number of nitrogens with one attached hydrogen (secondary N) is 2. The van der Waals surface area contributed by atoms with Gasteiger partial charge >= 0.3 is 0 Å². The van der Waals surface area contributed by atoms with E-state index in [1.165, 1.54) is 26.0 Å². The molecule has 0 spiro atoms. The van der Waals surface area contributed by atoms with E-state index in [2.05, 4.69) is 10.6 Å². The number of hydrogen-bond acceptors (Lipinski definition) is 2. The summed E-state index contributed by atoms with van der Waals surface area (Å²) < 4.78 is 0. The summed E-state index contributed by atoms with van der Waals surface area (Å²) in [6.45, 7) is 2.73. The Morgan fingerprint density at radius 1 is 0.938 bits per heavy atom. The van der Waals surface area contributed by atoms with Crippen LogP contribution in [0.25, 0.3) is 0 Å². The van der Waals surface area contributed by atoms with Gasteiger partial charge in [-0.25, -0.2) is 0 Å². The number of carbonyl (C=O) groups excluding carboxylic acids is 2. The quantitative estimate of drug-likeness (QED) is 0.859. The summed E-state index contributed by atoms with van der Waals surface area (Å²) in [6, 6.07) is 2.97. The minimum atomic E-state index is -0.252. The maximum absolute atomic E-state index is 10.9. The Hall–Kier alpha value is -1.26. The molecule has 0 heterocycles. The Morgan fingerprint density at radius 2 is 1.31 bits per heavy atom. The van der Waals surface area contributed by atoms with E-state index in [-0.39, 0.29) is 11.8 Å². The molecular weight excluding hydrogens is 251 g/mol. The van der Waals surface area contributed by atoms with Gasteiger partial charge in [-0.05, 0) is 12.1 Å². The molecule has 6 heteroatoms. The molecule has 86 valence electrons. The zero-order valence-corrected chi connectivity index (χ0v) is 10.2. The van der Waals surface area contributed by atoms with Gasteiger partial charge in [0.1, 0.15) is 0 Å². The lowest BCUT2D eigenvalue weighted by molar-refractivity contribution is -0.115. The number of rotatable bonds is 2. The van der Waals surface area contributed by atoms with E-state index in [1.54, 1.807) is 0 Å². The van der Waals surface area contributed by atoms with Crippen LogP contribution in [0, 0.1) is 0 Å². The molecule has 0 atom stereocenters. The zero-order valence-electron chi connectivity index (χ0n) is 8.73. The summed E-state index contributed by atoms with van der Waals surface area (Å²) in [6.07, 6.45) is 0. The third-order valence-corrected chi connectivity index (χ3v) is 2.30. The van der Waals surface area contributed by atoms with E-state index in [0.29, 0.717) is 21.4 Å². The van der Waals surface area contributed by atoms with Gasteiger partial charge in [0.2, 0.25) is 11.8 Å². The smallest absolute Gasteiger partial charge is 0.221 e. The van der Waals surface area contributed by atoms with Gasteiger partial charge in [0.15, 0.2) is 0 Å². The maximum atomic E-state index is 10.9. The van der Waals surface area contributed by atoms with Crippen LogP contribution >= 0.6 is 23.2 Å². The molecule has 2 N–H and O–H groups in total. The molecule has 4 nitrogen and oxygen atoms in total. The molecule has 0 radical (unpaired) electrons. The second-order valence-corrected chi connectivity index (χ2v) is 3.99. The van der Waals surface area contributed by atoms with Crippen LogP contribution < -0.4 is 10.6 Å². The second kappa shape index (κ2) is 5.18. The lowest BCUT2D eigenvalue weighted by Crippen LogP contribution is -2.09. The molecule has 1 rings (SSSR count). The molecule has 1 aromatic rings. The van der Waals surface area contributed by atoms with Crippen LogP contribution in [-0.4, -0.2) is 11.8 Å². The van der Waals surface area contributed by atoms with E-state index in [1.807, 2.05) is 0 Å². The number of amides is 2. The highest BCUT2D eigenvalue weighted by atomic mass is 35.5. The van der Waals surface area contributed by atoms with E-state index >= 15 is 0 Å². The van der Waals surface area contributed by atoms with Crippen molar-refractivity contribution >= 4 is 46.4 Å². The molecule has 0 unspecified atom stereocenters. The van der Waals surface area contributed by atoms with Crippen LogP contribution in [-0.2, 0) is 9.59 Å². The highest BCUT2D eigenvalue weighted by Crippen LogP contribution is 2.32. The summed E-state index contributed by atoms with van der Waals surface area (Å²) in [7, 11) is 0. The summed E-state index contributed by atoms with van der Waals surface area (Å²) in [5.41, 5.74) is 0.810. The van der Waals surface area contributed by atoms with Crippen molar-refractivity contribution < 1.29 is 9.59 Å². The van der Waals surface area contributed by atoms with Gasteiger partial charge < -0.3 is 10.6 Å². The molecule has 0 aromatic heterocycles. The standard InChI is InChI=1S/C10H10Cl2N2O2/c1-5(15)13-9-4-10(14-6(2)16)8(12)3-7(9)11/h3-4H,1-2H3,(H,13,15)(H,14,16). The SMILES string of the molecule is CC(=O)Nc1cc(NC(C)=O)c(Cl)cc1Cl. The predicted octanol–water partition coefficient (Wildman–Crippen LogP) is 2.91. The van der Waals surface area contributed by atoms with Crippen molar-refractivity contribution in [2.45, 2.75) is 13.8 Å². The zero-order chi connectivity index (χ0) is 12.3. The lowest BCUT2D eigenvalue weighted by Gasteiger charge is -2.10. The van der Waals surface area contributed by atoms with Gasteiger partial charge in [-0.2, -0.15) is 0 Å². The predicted molar refractivity (Wildman–Crippen MR) is 65.1 cm³/mol. The van der Waals surface area contributed by atoms with Crippen molar-refractivity contribution in [1.29, 1.82) is 0 Å². The Kier molecular flexibility index (Phi) is 4.15. The van der Waals surface area contributed by atoms with Crippen LogP contribution in [0.3, 0.4) is 0 Å². The van der Waals surface area contributed by atoms with E-state index < -0.39 is 0 Å². The fraction of sp³-hybridized carbons (Fsp3) is 0.200. The molecule has 0 saturated carbocycles. The van der Waals surface area contributed by atoms with Crippen molar-refractivity contribution in [2.24, 2.45) is 0 Å². The van der Waals surface area contributed by atoms with Gasteiger partial charge in [0.05, 0.1) is 21.4 Å². The molecule has 0 aliphatic heterocycles. The molecule has 0 bridgehead atoms.